The van der Waals surface area contributed by atoms with Crippen molar-refractivity contribution in [2.75, 3.05) is 65.7 Å². The Morgan fingerprint density at radius 3 is 2.52 bits per heavy atom. The minimum Gasteiger partial charge on any atom is -0.490 e. The fourth-order valence-electron chi connectivity index (χ4n) is 3.46. The van der Waals surface area contributed by atoms with E-state index in [9.17, 15) is 5.11 Å². The molecule has 0 aliphatic carbocycles. The fraction of sp³-hybridized carbons (Fsp3) is 0.696. The molecule has 176 valence electrons. The van der Waals surface area contributed by atoms with Crippen molar-refractivity contribution in [1.82, 2.24) is 15.5 Å². The lowest BCUT2D eigenvalue weighted by atomic mass is 10.1. The minimum atomic E-state index is -0.888. The maximum Gasteiger partial charge on any atom is 0.191 e. The number of morpholine rings is 1. The van der Waals surface area contributed by atoms with Gasteiger partial charge in [0, 0.05) is 32.7 Å². The lowest BCUT2D eigenvalue weighted by Gasteiger charge is -2.33. The van der Waals surface area contributed by atoms with Gasteiger partial charge in [0.1, 0.15) is 0 Å². The van der Waals surface area contributed by atoms with Crippen LogP contribution in [0.25, 0.3) is 0 Å². The van der Waals surface area contributed by atoms with Gasteiger partial charge in [0.15, 0.2) is 17.5 Å². The molecule has 2 rings (SSSR count). The highest BCUT2D eigenvalue weighted by Gasteiger charge is 2.25. The molecular formula is C23H40N4O4. The second-order valence-electron chi connectivity index (χ2n) is 7.90. The van der Waals surface area contributed by atoms with Crippen LogP contribution in [0.4, 0.5) is 0 Å². The Morgan fingerprint density at radius 2 is 1.84 bits per heavy atom. The van der Waals surface area contributed by atoms with Gasteiger partial charge in [-0.2, -0.15) is 0 Å². The molecular weight excluding hydrogens is 396 g/mol. The molecule has 1 aromatic carbocycles. The van der Waals surface area contributed by atoms with Gasteiger partial charge < -0.3 is 30.0 Å². The monoisotopic (exact) mass is 436 g/mol. The van der Waals surface area contributed by atoms with E-state index in [1.54, 1.807) is 0 Å². The van der Waals surface area contributed by atoms with Crippen LogP contribution in [0.15, 0.2) is 23.2 Å². The third kappa shape index (κ3) is 9.33. The van der Waals surface area contributed by atoms with Gasteiger partial charge in [-0.15, -0.1) is 0 Å². The zero-order valence-electron chi connectivity index (χ0n) is 19.6. The zero-order valence-corrected chi connectivity index (χ0v) is 19.6. The summed E-state index contributed by atoms with van der Waals surface area (Å²) in [6.07, 6.45) is 0.821. The van der Waals surface area contributed by atoms with E-state index in [4.69, 9.17) is 14.2 Å². The number of aliphatic imine (C=N–C) groups is 1. The summed E-state index contributed by atoms with van der Waals surface area (Å²) in [5.41, 5.74) is 0.274. The van der Waals surface area contributed by atoms with Gasteiger partial charge in [-0.05, 0) is 51.8 Å². The molecule has 1 unspecified atom stereocenters. The van der Waals surface area contributed by atoms with Crippen molar-refractivity contribution < 1.29 is 19.3 Å². The number of aliphatic hydroxyl groups is 1. The summed E-state index contributed by atoms with van der Waals surface area (Å²) in [7, 11) is 0. The molecule has 0 radical (unpaired) electrons. The Bertz CT molecular complexity index is 676. The number of benzene rings is 1. The molecule has 3 N–H and O–H groups in total. The van der Waals surface area contributed by atoms with Crippen molar-refractivity contribution in [3.63, 3.8) is 0 Å². The number of ether oxygens (including phenoxy) is 3. The number of nitrogens with one attached hydrogen (secondary N) is 2. The Balaban J connectivity index is 1.88. The lowest BCUT2D eigenvalue weighted by molar-refractivity contribution is -0.0179. The molecule has 0 amide bonds. The summed E-state index contributed by atoms with van der Waals surface area (Å²) < 4.78 is 16.7. The second-order valence-corrected chi connectivity index (χ2v) is 7.90. The van der Waals surface area contributed by atoms with Crippen molar-refractivity contribution >= 4 is 5.96 Å². The van der Waals surface area contributed by atoms with Crippen LogP contribution in [0.1, 0.15) is 33.3 Å². The quantitative estimate of drug-likeness (QED) is 0.339. The molecule has 1 aliphatic heterocycles. The molecule has 1 aliphatic rings. The predicted octanol–water partition coefficient (Wildman–Crippen LogP) is 1.66. The van der Waals surface area contributed by atoms with E-state index in [1.165, 1.54) is 0 Å². The first-order chi connectivity index (χ1) is 15.0. The largest absolute Gasteiger partial charge is 0.490 e. The van der Waals surface area contributed by atoms with E-state index in [2.05, 4.69) is 26.6 Å². The molecule has 0 spiro atoms. The Labute approximate surface area is 187 Å². The Morgan fingerprint density at radius 1 is 1.13 bits per heavy atom. The average molecular weight is 437 g/mol. The predicted molar refractivity (Wildman–Crippen MR) is 124 cm³/mol. The van der Waals surface area contributed by atoms with Gasteiger partial charge in [-0.25, -0.2) is 0 Å². The number of hydrogen-bond donors (Lipinski definition) is 3. The van der Waals surface area contributed by atoms with E-state index in [0.717, 1.165) is 62.9 Å². The Hall–Kier alpha value is -2.03. The lowest BCUT2D eigenvalue weighted by Crippen LogP contribution is -2.48. The van der Waals surface area contributed by atoms with Crippen LogP contribution < -0.4 is 20.1 Å². The molecule has 8 heteroatoms. The summed E-state index contributed by atoms with van der Waals surface area (Å²) >= 11 is 0. The summed E-state index contributed by atoms with van der Waals surface area (Å²) in [5, 5.41) is 17.4. The maximum atomic E-state index is 10.8. The first-order valence-electron chi connectivity index (χ1n) is 11.4. The number of nitrogens with zero attached hydrogens (tertiary/aromatic N) is 2. The van der Waals surface area contributed by atoms with E-state index >= 15 is 0 Å². The second kappa shape index (κ2) is 13.4. The van der Waals surface area contributed by atoms with Crippen molar-refractivity contribution in [2.45, 2.75) is 39.7 Å². The van der Waals surface area contributed by atoms with Crippen LogP contribution in [0.2, 0.25) is 0 Å². The molecule has 31 heavy (non-hydrogen) atoms. The van der Waals surface area contributed by atoms with Gasteiger partial charge >= 0.3 is 0 Å². The third-order valence-corrected chi connectivity index (χ3v) is 4.90. The molecule has 8 nitrogen and oxygen atoms in total. The average Bonchev–Trinajstić information content (AvgIpc) is 2.74. The van der Waals surface area contributed by atoms with Gasteiger partial charge in [0.25, 0.3) is 0 Å². The summed E-state index contributed by atoms with van der Waals surface area (Å²) in [4.78, 5) is 6.83. The van der Waals surface area contributed by atoms with E-state index in [0.29, 0.717) is 32.3 Å². The van der Waals surface area contributed by atoms with Crippen LogP contribution in [0, 0.1) is 0 Å². The smallest absolute Gasteiger partial charge is 0.191 e. The van der Waals surface area contributed by atoms with Crippen LogP contribution >= 0.6 is 0 Å². The van der Waals surface area contributed by atoms with Crippen molar-refractivity contribution in [3.8, 4) is 11.5 Å². The topological polar surface area (TPSA) is 87.6 Å². The minimum absolute atomic E-state index is 0.331. The molecule has 1 atom stereocenters. The van der Waals surface area contributed by atoms with Gasteiger partial charge in [-0.3, -0.25) is 9.89 Å². The van der Waals surface area contributed by atoms with E-state index < -0.39 is 5.60 Å². The van der Waals surface area contributed by atoms with Crippen LogP contribution in [0.5, 0.6) is 11.5 Å². The molecule has 1 heterocycles. The van der Waals surface area contributed by atoms with E-state index in [-0.39, 0.29) is 0 Å². The highest BCUT2D eigenvalue weighted by atomic mass is 16.5. The number of rotatable bonds is 12. The zero-order chi connectivity index (χ0) is 22.5. The molecule has 0 saturated carbocycles. The van der Waals surface area contributed by atoms with Crippen molar-refractivity contribution in [2.24, 2.45) is 4.99 Å². The van der Waals surface area contributed by atoms with Gasteiger partial charge in [0.05, 0.1) is 38.6 Å². The fourth-order valence-corrected chi connectivity index (χ4v) is 3.46. The summed E-state index contributed by atoms with van der Waals surface area (Å²) in [6.45, 7) is 14.6. The molecule has 0 bridgehead atoms. The highest BCUT2D eigenvalue weighted by molar-refractivity contribution is 5.79. The maximum absolute atomic E-state index is 10.8. The number of guanidine groups is 1. The SMILES string of the molecule is CCNC(=NCC(C)(O)CN1CCOCC1)NCCc1ccc(OCC)c(OCC)c1. The van der Waals surface area contributed by atoms with Crippen molar-refractivity contribution in [1.29, 1.82) is 0 Å². The first kappa shape index (κ1) is 25.2. The van der Waals surface area contributed by atoms with Gasteiger partial charge in [0.2, 0.25) is 0 Å². The normalized spacial score (nSPS) is 17.1. The van der Waals surface area contributed by atoms with Crippen LogP contribution in [0.3, 0.4) is 0 Å². The van der Waals surface area contributed by atoms with Crippen LogP contribution in [-0.2, 0) is 11.2 Å². The molecule has 0 aromatic heterocycles. The summed E-state index contributed by atoms with van der Waals surface area (Å²) in [6, 6.07) is 6.06. The summed E-state index contributed by atoms with van der Waals surface area (Å²) in [5.74, 6) is 2.26. The number of β-amino-alcohol motifs (C(OH)–C–C–N with tert-alkyl or cyclic N) is 1. The first-order valence-corrected chi connectivity index (χ1v) is 11.4. The standard InChI is InChI=1S/C23H40N4O4/c1-5-24-22(26-17-23(4,28)18-27-12-14-29-15-13-27)25-11-10-19-8-9-20(30-6-2)21(16-19)31-7-3/h8-9,16,28H,5-7,10-15,17-18H2,1-4H3,(H2,24,25,26). The van der Waals surface area contributed by atoms with Gasteiger partial charge in [-0.1, -0.05) is 6.07 Å². The highest BCUT2D eigenvalue weighted by Crippen LogP contribution is 2.28. The molecule has 1 fully saturated rings. The Kier molecular flexibility index (Phi) is 10.9. The van der Waals surface area contributed by atoms with Crippen molar-refractivity contribution in [3.05, 3.63) is 23.8 Å². The number of hydrogen-bond acceptors (Lipinski definition) is 6. The third-order valence-electron chi connectivity index (χ3n) is 4.90. The molecule has 1 aromatic rings. The van der Waals surface area contributed by atoms with Crippen LogP contribution in [-0.4, -0.2) is 87.3 Å². The van der Waals surface area contributed by atoms with E-state index in [1.807, 2.05) is 39.8 Å². The molecule has 1 saturated heterocycles.